The number of hydrogen-bond acceptors (Lipinski definition) is 6. The number of hydrogen-bond donors (Lipinski definition) is 2. The summed E-state index contributed by atoms with van der Waals surface area (Å²) in [7, 11) is 0. The number of carbonyl (C=O) groups excluding carboxylic acids is 2. The average molecular weight is 204 g/mol. The fourth-order valence-electron chi connectivity index (χ4n) is 0.905. The maximum absolute atomic E-state index is 11.0. The highest BCUT2D eigenvalue weighted by Gasteiger charge is 2.39. The van der Waals surface area contributed by atoms with E-state index in [1.807, 2.05) is 0 Å². The first kappa shape index (κ1) is 10.9. The SMILES string of the molecule is CC(C)(O)C1OC(=O)CC(O)C(=O)O1. The lowest BCUT2D eigenvalue weighted by molar-refractivity contribution is -0.219. The first-order chi connectivity index (χ1) is 6.30. The van der Waals surface area contributed by atoms with Gasteiger partial charge in [0, 0.05) is 0 Å². The Labute approximate surface area is 80.4 Å². The van der Waals surface area contributed by atoms with Crippen molar-refractivity contribution in [1.29, 1.82) is 0 Å². The second-order valence-corrected chi connectivity index (χ2v) is 3.63. The third-order valence-corrected chi connectivity index (χ3v) is 1.67. The van der Waals surface area contributed by atoms with E-state index in [-0.39, 0.29) is 0 Å². The monoisotopic (exact) mass is 204 g/mol. The van der Waals surface area contributed by atoms with E-state index in [1.54, 1.807) is 0 Å². The Morgan fingerprint density at radius 2 is 1.93 bits per heavy atom. The van der Waals surface area contributed by atoms with Crippen LogP contribution in [0.3, 0.4) is 0 Å². The van der Waals surface area contributed by atoms with Crippen LogP contribution >= 0.6 is 0 Å². The van der Waals surface area contributed by atoms with E-state index < -0.39 is 36.4 Å². The van der Waals surface area contributed by atoms with Gasteiger partial charge in [0.05, 0.1) is 6.42 Å². The Balaban J connectivity index is 2.81. The van der Waals surface area contributed by atoms with E-state index in [2.05, 4.69) is 9.47 Å². The zero-order valence-corrected chi connectivity index (χ0v) is 7.89. The van der Waals surface area contributed by atoms with Crippen LogP contribution in [0.2, 0.25) is 0 Å². The predicted molar refractivity (Wildman–Crippen MR) is 42.9 cm³/mol. The van der Waals surface area contributed by atoms with Gasteiger partial charge in [-0.2, -0.15) is 0 Å². The molecule has 14 heavy (non-hydrogen) atoms. The lowest BCUT2D eigenvalue weighted by Gasteiger charge is -2.26. The van der Waals surface area contributed by atoms with E-state index in [0.29, 0.717) is 0 Å². The van der Waals surface area contributed by atoms with Crippen molar-refractivity contribution in [3.63, 3.8) is 0 Å². The van der Waals surface area contributed by atoms with Gasteiger partial charge >= 0.3 is 11.9 Å². The highest BCUT2D eigenvalue weighted by molar-refractivity contribution is 5.83. The minimum atomic E-state index is -1.52. The second kappa shape index (κ2) is 3.55. The van der Waals surface area contributed by atoms with Gasteiger partial charge in [-0.1, -0.05) is 0 Å². The first-order valence-corrected chi connectivity index (χ1v) is 4.11. The largest absolute Gasteiger partial charge is 0.422 e. The van der Waals surface area contributed by atoms with Crippen molar-refractivity contribution in [2.24, 2.45) is 0 Å². The molecule has 2 N–H and O–H groups in total. The van der Waals surface area contributed by atoms with Crippen LogP contribution in [0.25, 0.3) is 0 Å². The van der Waals surface area contributed by atoms with Crippen molar-refractivity contribution in [1.82, 2.24) is 0 Å². The smallest absolute Gasteiger partial charge is 0.338 e. The molecule has 1 fully saturated rings. The number of ether oxygens (including phenoxy) is 2. The molecule has 1 heterocycles. The van der Waals surface area contributed by atoms with Gasteiger partial charge in [0.25, 0.3) is 6.29 Å². The molecule has 1 aliphatic rings. The normalized spacial score (nSPS) is 29.1. The molecule has 0 aliphatic carbocycles. The van der Waals surface area contributed by atoms with Gasteiger partial charge < -0.3 is 19.7 Å². The lowest BCUT2D eigenvalue weighted by atomic mass is 10.1. The summed E-state index contributed by atoms with van der Waals surface area (Å²) in [4.78, 5) is 22.0. The highest BCUT2D eigenvalue weighted by atomic mass is 16.7. The molecule has 80 valence electrons. The molecule has 1 saturated heterocycles. The Bertz CT molecular complexity index is 253. The Morgan fingerprint density at radius 1 is 1.36 bits per heavy atom. The fraction of sp³-hybridized carbons (Fsp3) is 0.750. The van der Waals surface area contributed by atoms with Crippen molar-refractivity contribution < 1.29 is 29.3 Å². The topological polar surface area (TPSA) is 93.1 Å². The third-order valence-electron chi connectivity index (χ3n) is 1.67. The van der Waals surface area contributed by atoms with Crippen LogP contribution < -0.4 is 0 Å². The molecule has 0 amide bonds. The molecule has 2 unspecified atom stereocenters. The fourth-order valence-corrected chi connectivity index (χ4v) is 0.905. The summed E-state index contributed by atoms with van der Waals surface area (Å²) < 4.78 is 9.20. The lowest BCUT2D eigenvalue weighted by Crippen LogP contribution is -2.42. The second-order valence-electron chi connectivity index (χ2n) is 3.63. The summed E-state index contributed by atoms with van der Waals surface area (Å²) in [5.74, 6) is -1.75. The van der Waals surface area contributed by atoms with E-state index in [9.17, 15) is 14.7 Å². The standard InChI is InChI=1S/C8H12O6/c1-8(2,12)7-13-5(10)3-4(9)6(11)14-7/h4,7,9,12H,3H2,1-2H3. The molecule has 2 atom stereocenters. The molecule has 0 spiro atoms. The van der Waals surface area contributed by atoms with Gasteiger partial charge in [-0.05, 0) is 13.8 Å². The van der Waals surface area contributed by atoms with E-state index in [0.717, 1.165) is 0 Å². The first-order valence-electron chi connectivity index (χ1n) is 4.11. The Hall–Kier alpha value is -1.14. The van der Waals surface area contributed by atoms with Crippen molar-refractivity contribution in [3.8, 4) is 0 Å². The molecule has 0 bridgehead atoms. The minimum Gasteiger partial charge on any atom is -0.422 e. The van der Waals surface area contributed by atoms with Crippen molar-refractivity contribution >= 4 is 11.9 Å². The zero-order valence-electron chi connectivity index (χ0n) is 7.89. The van der Waals surface area contributed by atoms with Crippen molar-refractivity contribution in [3.05, 3.63) is 0 Å². The molecule has 0 saturated carbocycles. The van der Waals surface area contributed by atoms with Crippen LogP contribution in [0.5, 0.6) is 0 Å². The molecule has 1 rings (SSSR count). The molecular formula is C8H12O6. The number of aliphatic hydroxyl groups excluding tert-OH is 1. The number of aliphatic hydroxyl groups is 2. The van der Waals surface area contributed by atoms with Gasteiger partial charge in [0.15, 0.2) is 6.10 Å². The molecular weight excluding hydrogens is 192 g/mol. The van der Waals surface area contributed by atoms with Gasteiger partial charge in [-0.3, -0.25) is 4.79 Å². The quantitative estimate of drug-likeness (QED) is 0.528. The molecule has 1 aliphatic heterocycles. The summed E-state index contributed by atoms with van der Waals surface area (Å²) in [5.41, 5.74) is -1.49. The minimum absolute atomic E-state index is 0.453. The number of carbonyl (C=O) groups is 2. The predicted octanol–water partition coefficient (Wildman–Crippen LogP) is -1.07. The molecule has 6 nitrogen and oxygen atoms in total. The summed E-state index contributed by atoms with van der Waals surface area (Å²) >= 11 is 0. The van der Waals surface area contributed by atoms with Crippen LogP contribution in [0.15, 0.2) is 0 Å². The zero-order chi connectivity index (χ0) is 10.9. The summed E-state index contributed by atoms with van der Waals surface area (Å²) in [5, 5.41) is 18.5. The summed E-state index contributed by atoms with van der Waals surface area (Å²) in [6.45, 7) is 2.66. The van der Waals surface area contributed by atoms with Gasteiger partial charge in [0.2, 0.25) is 0 Å². The van der Waals surface area contributed by atoms with Crippen molar-refractivity contribution in [2.45, 2.75) is 38.3 Å². The molecule has 0 radical (unpaired) electrons. The van der Waals surface area contributed by atoms with Crippen molar-refractivity contribution in [2.75, 3.05) is 0 Å². The number of esters is 2. The Kier molecular flexibility index (Phi) is 2.77. The number of rotatable bonds is 1. The van der Waals surface area contributed by atoms with Crippen LogP contribution in [-0.2, 0) is 19.1 Å². The van der Waals surface area contributed by atoms with Crippen LogP contribution in [0.1, 0.15) is 20.3 Å². The highest BCUT2D eigenvalue weighted by Crippen LogP contribution is 2.19. The van der Waals surface area contributed by atoms with Crippen LogP contribution in [0, 0.1) is 0 Å². The van der Waals surface area contributed by atoms with Crippen LogP contribution in [-0.4, -0.2) is 40.1 Å². The van der Waals surface area contributed by atoms with Gasteiger partial charge in [-0.25, -0.2) is 4.79 Å². The average Bonchev–Trinajstić information content (AvgIpc) is 2.11. The van der Waals surface area contributed by atoms with Gasteiger partial charge in [-0.15, -0.1) is 0 Å². The van der Waals surface area contributed by atoms with E-state index in [1.165, 1.54) is 13.8 Å². The molecule has 0 aromatic rings. The van der Waals surface area contributed by atoms with Crippen LogP contribution in [0.4, 0.5) is 0 Å². The molecule has 6 heteroatoms. The number of cyclic esters (lactones) is 2. The summed E-state index contributed by atoms with van der Waals surface area (Å²) in [6, 6.07) is 0. The Morgan fingerprint density at radius 3 is 2.43 bits per heavy atom. The maximum atomic E-state index is 11.0. The molecule has 0 aromatic carbocycles. The molecule has 0 aromatic heterocycles. The van der Waals surface area contributed by atoms with E-state index >= 15 is 0 Å². The summed E-state index contributed by atoms with van der Waals surface area (Å²) in [6.07, 6.45) is -3.35. The third kappa shape index (κ3) is 2.43. The maximum Gasteiger partial charge on any atom is 0.338 e. The van der Waals surface area contributed by atoms with Gasteiger partial charge in [0.1, 0.15) is 5.60 Å². The van der Waals surface area contributed by atoms with E-state index in [4.69, 9.17) is 5.11 Å².